The average Bonchev–Trinajstić information content (AvgIpc) is 3.23. The van der Waals surface area contributed by atoms with Crippen molar-refractivity contribution in [3.05, 3.63) is 62.5 Å². The molecule has 1 unspecified atom stereocenters. The van der Waals surface area contributed by atoms with Crippen LogP contribution in [0.25, 0.3) is 0 Å². The van der Waals surface area contributed by atoms with E-state index in [1.165, 1.54) is 23.5 Å². The first kappa shape index (κ1) is 27.7. The van der Waals surface area contributed by atoms with Crippen molar-refractivity contribution in [2.24, 2.45) is 10.4 Å². The fourth-order valence-corrected chi connectivity index (χ4v) is 6.49. The highest BCUT2D eigenvalue weighted by atomic mass is 35.5. The van der Waals surface area contributed by atoms with Crippen LogP contribution in [0.5, 0.6) is 0 Å². The number of aliphatic imine (C=N–C) groups is 1. The van der Waals surface area contributed by atoms with Gasteiger partial charge in [-0.25, -0.2) is 22.6 Å². The van der Waals surface area contributed by atoms with Gasteiger partial charge in [0.1, 0.15) is 11.9 Å². The second-order valence-electron chi connectivity index (χ2n) is 9.98. The minimum atomic E-state index is -3.76. The van der Waals surface area contributed by atoms with Gasteiger partial charge in [-0.1, -0.05) is 17.7 Å². The Balaban J connectivity index is 1.59. The van der Waals surface area contributed by atoms with Gasteiger partial charge in [0, 0.05) is 40.9 Å². The van der Waals surface area contributed by atoms with Crippen LogP contribution in [0.3, 0.4) is 0 Å². The molecule has 3 heterocycles. The lowest BCUT2D eigenvalue weighted by molar-refractivity contribution is -0.139. The van der Waals surface area contributed by atoms with E-state index in [4.69, 9.17) is 21.3 Å². The van der Waals surface area contributed by atoms with Gasteiger partial charge in [-0.2, -0.15) is 0 Å². The molecule has 1 saturated carbocycles. The first-order valence-corrected chi connectivity index (χ1v) is 15.5. The van der Waals surface area contributed by atoms with Crippen molar-refractivity contribution in [3.63, 3.8) is 0 Å². The van der Waals surface area contributed by atoms with Crippen molar-refractivity contribution in [1.29, 1.82) is 0 Å². The molecule has 2 aromatic rings. The number of carbonyl (C=O) groups excluding carboxylic acids is 2. The molecule has 10 nitrogen and oxygen atoms in total. The Hall–Kier alpha value is -2.87. The van der Waals surface area contributed by atoms with Crippen LogP contribution in [0.4, 0.5) is 4.39 Å². The summed E-state index contributed by atoms with van der Waals surface area (Å²) in [5.74, 6) is -1.39. The quantitative estimate of drug-likeness (QED) is 0.446. The Morgan fingerprint density at radius 3 is 2.74 bits per heavy atom. The van der Waals surface area contributed by atoms with E-state index in [0.29, 0.717) is 35.1 Å². The maximum Gasteiger partial charge on any atom is 0.338 e. The molecule has 3 aliphatic rings. The second kappa shape index (κ2) is 10.6. The molecule has 14 heteroatoms. The third-order valence-electron chi connectivity index (χ3n) is 7.03. The van der Waals surface area contributed by atoms with Gasteiger partial charge in [-0.15, -0.1) is 11.3 Å². The predicted molar refractivity (Wildman–Crippen MR) is 144 cm³/mol. The number of aromatic nitrogens is 1. The predicted octanol–water partition coefficient (Wildman–Crippen LogP) is 2.77. The number of nitrogens with one attached hydrogen (secondary N) is 2. The number of halogens is 2. The van der Waals surface area contributed by atoms with Crippen LogP contribution in [-0.2, 0) is 24.3 Å². The summed E-state index contributed by atoms with van der Waals surface area (Å²) < 4.78 is 45.1. The second-order valence-corrected chi connectivity index (χ2v) is 13.0. The summed E-state index contributed by atoms with van der Waals surface area (Å²) in [6.45, 7) is 2.45. The maximum absolute atomic E-state index is 13.9. The monoisotopic (exact) mass is 595 g/mol. The van der Waals surface area contributed by atoms with E-state index >= 15 is 0 Å². The molecule has 208 valence electrons. The number of amides is 1. The lowest BCUT2D eigenvalue weighted by Gasteiger charge is -2.31. The normalized spacial score (nSPS) is 22.4. The highest BCUT2D eigenvalue weighted by molar-refractivity contribution is 7.89. The minimum Gasteiger partial charge on any atom is -0.463 e. The standard InChI is InChI=1S/C25H27ClFN5O5S2/c1-3-37-24(34)19-17(12-32-13-25(6-7-25)11-18(32)22(33)31-39(2,35)36)29-21(23-28-8-9-38-23)30-20(19)15-5-4-14(27)10-16(15)26/h4-5,8-10,18,20H,3,6-7,11-13H2,1-2H3,(H,29,30)(H,31,33)/t18-,20?/m0/s1. The Morgan fingerprint density at radius 2 is 2.13 bits per heavy atom. The minimum absolute atomic E-state index is 0.0648. The Bertz CT molecular complexity index is 1470. The number of thiazole rings is 1. The molecule has 5 rings (SSSR count). The third kappa shape index (κ3) is 6.01. The zero-order valence-electron chi connectivity index (χ0n) is 21.2. The molecule has 2 N–H and O–H groups in total. The molecule has 2 aliphatic heterocycles. The molecule has 1 aromatic heterocycles. The van der Waals surface area contributed by atoms with Gasteiger partial charge in [0.2, 0.25) is 10.0 Å². The van der Waals surface area contributed by atoms with Crippen LogP contribution in [-0.4, -0.2) is 68.0 Å². The van der Waals surface area contributed by atoms with Gasteiger partial charge < -0.3 is 10.1 Å². The van der Waals surface area contributed by atoms with Gasteiger partial charge >= 0.3 is 5.97 Å². The van der Waals surface area contributed by atoms with Crippen LogP contribution < -0.4 is 10.0 Å². The number of nitrogens with zero attached hydrogens (tertiary/aromatic N) is 3. The summed E-state index contributed by atoms with van der Waals surface area (Å²) in [5.41, 5.74) is 0.935. The van der Waals surface area contributed by atoms with E-state index < -0.39 is 39.8 Å². The van der Waals surface area contributed by atoms with E-state index in [-0.39, 0.29) is 29.2 Å². The topological polar surface area (TPSA) is 130 Å². The maximum atomic E-state index is 13.9. The van der Waals surface area contributed by atoms with Gasteiger partial charge in [0.15, 0.2) is 10.8 Å². The molecule has 0 radical (unpaired) electrons. The van der Waals surface area contributed by atoms with Gasteiger partial charge in [0.05, 0.1) is 24.5 Å². The van der Waals surface area contributed by atoms with E-state index in [1.807, 2.05) is 4.90 Å². The number of hydrogen-bond acceptors (Lipinski definition) is 10. The van der Waals surface area contributed by atoms with Gasteiger partial charge in [-0.3, -0.25) is 19.4 Å². The molecule has 1 amide bonds. The van der Waals surface area contributed by atoms with Crippen molar-refractivity contribution in [2.45, 2.75) is 38.3 Å². The smallest absolute Gasteiger partial charge is 0.338 e. The molecular weight excluding hydrogens is 569 g/mol. The molecule has 2 fully saturated rings. The summed E-state index contributed by atoms with van der Waals surface area (Å²) in [4.78, 5) is 37.4. The number of esters is 1. The van der Waals surface area contributed by atoms with Crippen LogP contribution in [0.1, 0.15) is 42.8 Å². The molecule has 1 spiro atoms. The van der Waals surface area contributed by atoms with E-state index in [9.17, 15) is 22.4 Å². The zero-order chi connectivity index (χ0) is 27.9. The molecule has 1 aliphatic carbocycles. The lowest BCUT2D eigenvalue weighted by Crippen LogP contribution is -2.47. The number of sulfonamides is 1. The first-order valence-electron chi connectivity index (χ1n) is 12.3. The van der Waals surface area contributed by atoms with Crippen molar-refractivity contribution in [1.82, 2.24) is 19.9 Å². The van der Waals surface area contributed by atoms with Crippen molar-refractivity contribution >= 4 is 50.7 Å². The molecule has 0 bridgehead atoms. The SMILES string of the molecule is CCOC(=O)C1=C(CN2CC3(CC3)C[C@H]2C(=O)NS(C)(=O)=O)NC(c2nccs2)=NC1c1ccc(F)cc1Cl. The Labute approximate surface area is 234 Å². The largest absolute Gasteiger partial charge is 0.463 e. The van der Waals surface area contributed by atoms with E-state index in [0.717, 1.165) is 25.2 Å². The molecular formula is C25H27ClFN5O5S2. The van der Waals surface area contributed by atoms with Gasteiger partial charge in [0.25, 0.3) is 5.91 Å². The number of hydrogen-bond donors (Lipinski definition) is 2. The highest BCUT2D eigenvalue weighted by Crippen LogP contribution is 2.55. The summed E-state index contributed by atoms with van der Waals surface area (Å²) in [5, 5.41) is 5.66. The van der Waals surface area contributed by atoms with E-state index in [1.54, 1.807) is 18.5 Å². The summed E-state index contributed by atoms with van der Waals surface area (Å²) in [7, 11) is -3.76. The van der Waals surface area contributed by atoms with Crippen LogP contribution >= 0.6 is 22.9 Å². The third-order valence-corrected chi connectivity index (χ3v) is 8.71. The fourth-order valence-electron chi connectivity index (χ4n) is 5.13. The fraction of sp³-hybridized carbons (Fsp3) is 0.440. The van der Waals surface area contributed by atoms with Crippen molar-refractivity contribution < 1.29 is 27.1 Å². The molecule has 1 aromatic carbocycles. The molecule has 39 heavy (non-hydrogen) atoms. The number of carbonyl (C=O) groups is 2. The van der Waals surface area contributed by atoms with Crippen LogP contribution in [0.15, 0.2) is 46.0 Å². The first-order chi connectivity index (χ1) is 18.5. The summed E-state index contributed by atoms with van der Waals surface area (Å²) in [6, 6.07) is 2.23. The summed E-state index contributed by atoms with van der Waals surface area (Å²) in [6.07, 6.45) is 4.94. The average molecular weight is 596 g/mol. The molecule has 1 saturated heterocycles. The molecule has 2 atom stereocenters. The number of ether oxygens (including phenoxy) is 1. The van der Waals surface area contributed by atoms with Crippen molar-refractivity contribution in [3.8, 4) is 0 Å². The number of benzene rings is 1. The van der Waals surface area contributed by atoms with Gasteiger partial charge in [-0.05, 0) is 43.7 Å². The zero-order valence-corrected chi connectivity index (χ0v) is 23.6. The van der Waals surface area contributed by atoms with E-state index in [2.05, 4.69) is 15.0 Å². The summed E-state index contributed by atoms with van der Waals surface area (Å²) >= 11 is 7.77. The van der Waals surface area contributed by atoms with Crippen LogP contribution in [0, 0.1) is 11.2 Å². The van der Waals surface area contributed by atoms with Crippen LogP contribution in [0.2, 0.25) is 5.02 Å². The number of likely N-dealkylation sites (tertiary alicyclic amines) is 1. The number of rotatable bonds is 8. The Morgan fingerprint density at radius 1 is 1.36 bits per heavy atom. The number of amidine groups is 1. The highest BCUT2D eigenvalue weighted by Gasteiger charge is 2.54. The Kier molecular flexibility index (Phi) is 7.53. The lowest BCUT2D eigenvalue weighted by atomic mass is 9.95. The van der Waals surface area contributed by atoms with Crippen molar-refractivity contribution in [2.75, 3.05) is 26.0 Å².